The van der Waals surface area contributed by atoms with E-state index in [1.54, 1.807) is 12.1 Å². The van der Waals surface area contributed by atoms with Gasteiger partial charge in [0.1, 0.15) is 5.82 Å². The predicted molar refractivity (Wildman–Crippen MR) is 65.3 cm³/mol. The van der Waals surface area contributed by atoms with Gasteiger partial charge in [-0.2, -0.15) is 0 Å². The number of hydrogen-bond donors (Lipinski definition) is 1. The van der Waals surface area contributed by atoms with Gasteiger partial charge in [-0.15, -0.1) is 0 Å². The highest BCUT2D eigenvalue weighted by atomic mass is 35.5. The molecule has 1 nitrogen and oxygen atoms in total. The maximum absolute atomic E-state index is 13.1. The van der Waals surface area contributed by atoms with Crippen molar-refractivity contribution in [2.24, 2.45) is 5.92 Å². The van der Waals surface area contributed by atoms with E-state index in [4.69, 9.17) is 11.6 Å². The number of rotatable bonds is 5. The second-order valence-corrected chi connectivity index (χ2v) is 4.85. The quantitative estimate of drug-likeness (QED) is 0.833. The van der Waals surface area contributed by atoms with E-state index in [0.717, 1.165) is 24.4 Å². The molecular formula is C13H17ClFN. The topological polar surface area (TPSA) is 12.0 Å². The molecule has 1 saturated carbocycles. The Kier molecular flexibility index (Phi) is 3.82. The summed E-state index contributed by atoms with van der Waals surface area (Å²) in [6.45, 7) is 3.05. The first kappa shape index (κ1) is 11.9. The fourth-order valence-corrected chi connectivity index (χ4v) is 2.30. The van der Waals surface area contributed by atoms with Crippen molar-refractivity contribution in [3.63, 3.8) is 0 Å². The summed E-state index contributed by atoms with van der Waals surface area (Å²) >= 11 is 6.07. The molecule has 88 valence electrons. The minimum atomic E-state index is -0.203. The van der Waals surface area contributed by atoms with Gasteiger partial charge in [-0.05, 0) is 55.5 Å². The van der Waals surface area contributed by atoms with E-state index in [1.807, 2.05) is 0 Å². The van der Waals surface area contributed by atoms with Crippen LogP contribution in [-0.4, -0.2) is 12.6 Å². The Balaban J connectivity index is 2.08. The average molecular weight is 242 g/mol. The average Bonchev–Trinajstić information content (AvgIpc) is 3.06. The minimum Gasteiger partial charge on any atom is -0.314 e. The van der Waals surface area contributed by atoms with Crippen molar-refractivity contribution < 1.29 is 4.39 Å². The van der Waals surface area contributed by atoms with Crippen LogP contribution in [0.15, 0.2) is 18.2 Å². The molecule has 2 rings (SSSR count). The van der Waals surface area contributed by atoms with Gasteiger partial charge >= 0.3 is 0 Å². The van der Waals surface area contributed by atoms with Gasteiger partial charge in [-0.3, -0.25) is 0 Å². The second-order valence-electron chi connectivity index (χ2n) is 4.44. The van der Waals surface area contributed by atoms with Crippen LogP contribution < -0.4 is 5.32 Å². The summed E-state index contributed by atoms with van der Waals surface area (Å²) in [5.74, 6) is 0.546. The Hall–Kier alpha value is -0.600. The van der Waals surface area contributed by atoms with Crippen molar-refractivity contribution in [1.29, 1.82) is 0 Å². The van der Waals surface area contributed by atoms with Crippen molar-refractivity contribution in [2.75, 3.05) is 6.54 Å². The van der Waals surface area contributed by atoms with Gasteiger partial charge in [0.05, 0.1) is 0 Å². The van der Waals surface area contributed by atoms with E-state index in [0.29, 0.717) is 11.1 Å². The fourth-order valence-electron chi connectivity index (χ4n) is 2.10. The molecule has 1 atom stereocenters. The number of halogens is 2. The zero-order valence-corrected chi connectivity index (χ0v) is 10.2. The molecule has 0 aromatic heterocycles. The van der Waals surface area contributed by atoms with Crippen molar-refractivity contribution in [3.05, 3.63) is 34.6 Å². The van der Waals surface area contributed by atoms with Crippen LogP contribution in [0.4, 0.5) is 4.39 Å². The SMILES string of the molecule is CCNC(Cc1cc(F)ccc1Cl)C1CC1. The standard InChI is InChI=1S/C13H17ClFN/c1-2-16-13(9-3-4-9)8-10-7-11(15)5-6-12(10)14/h5-7,9,13,16H,2-4,8H2,1H3. The van der Waals surface area contributed by atoms with Crippen LogP contribution in [0.25, 0.3) is 0 Å². The largest absolute Gasteiger partial charge is 0.314 e. The maximum Gasteiger partial charge on any atom is 0.123 e. The summed E-state index contributed by atoms with van der Waals surface area (Å²) in [6.07, 6.45) is 3.39. The van der Waals surface area contributed by atoms with Crippen LogP contribution in [-0.2, 0) is 6.42 Å². The summed E-state index contributed by atoms with van der Waals surface area (Å²) in [7, 11) is 0. The first-order chi connectivity index (χ1) is 7.70. The Bertz CT molecular complexity index is 363. The molecule has 1 N–H and O–H groups in total. The molecule has 1 unspecified atom stereocenters. The molecule has 0 heterocycles. The maximum atomic E-state index is 13.1. The van der Waals surface area contributed by atoms with E-state index in [2.05, 4.69) is 12.2 Å². The van der Waals surface area contributed by atoms with E-state index in [1.165, 1.54) is 18.9 Å². The van der Waals surface area contributed by atoms with Gasteiger partial charge in [0.15, 0.2) is 0 Å². The third-order valence-corrected chi connectivity index (χ3v) is 3.47. The lowest BCUT2D eigenvalue weighted by Crippen LogP contribution is -2.33. The van der Waals surface area contributed by atoms with Crippen LogP contribution in [0, 0.1) is 11.7 Å². The summed E-state index contributed by atoms with van der Waals surface area (Å²) in [5.41, 5.74) is 0.916. The van der Waals surface area contributed by atoms with Crippen LogP contribution in [0.1, 0.15) is 25.3 Å². The van der Waals surface area contributed by atoms with Crippen LogP contribution in [0.2, 0.25) is 5.02 Å². The lowest BCUT2D eigenvalue weighted by molar-refractivity contribution is 0.471. The molecule has 0 saturated heterocycles. The zero-order chi connectivity index (χ0) is 11.5. The van der Waals surface area contributed by atoms with Crippen molar-refractivity contribution >= 4 is 11.6 Å². The molecule has 16 heavy (non-hydrogen) atoms. The third-order valence-electron chi connectivity index (χ3n) is 3.10. The molecule has 1 aromatic carbocycles. The van der Waals surface area contributed by atoms with Gasteiger partial charge in [-0.1, -0.05) is 18.5 Å². The molecule has 0 amide bonds. The number of nitrogens with one attached hydrogen (secondary N) is 1. The first-order valence-electron chi connectivity index (χ1n) is 5.88. The van der Waals surface area contributed by atoms with Gasteiger partial charge in [-0.25, -0.2) is 4.39 Å². The highest BCUT2D eigenvalue weighted by molar-refractivity contribution is 6.31. The summed E-state index contributed by atoms with van der Waals surface area (Å²) in [4.78, 5) is 0. The van der Waals surface area contributed by atoms with E-state index in [9.17, 15) is 4.39 Å². The summed E-state index contributed by atoms with van der Waals surface area (Å²) in [5, 5.41) is 4.13. The Labute approximate surface area is 101 Å². The van der Waals surface area contributed by atoms with Crippen molar-refractivity contribution in [1.82, 2.24) is 5.32 Å². The Morgan fingerprint density at radius 2 is 2.25 bits per heavy atom. The minimum absolute atomic E-state index is 0.203. The monoisotopic (exact) mass is 241 g/mol. The molecule has 0 bridgehead atoms. The molecule has 1 aliphatic rings. The zero-order valence-electron chi connectivity index (χ0n) is 9.47. The van der Waals surface area contributed by atoms with E-state index < -0.39 is 0 Å². The highest BCUT2D eigenvalue weighted by Crippen LogP contribution is 2.35. The van der Waals surface area contributed by atoms with Gasteiger partial charge in [0, 0.05) is 11.1 Å². The van der Waals surface area contributed by atoms with Gasteiger partial charge in [0.25, 0.3) is 0 Å². The lowest BCUT2D eigenvalue weighted by Gasteiger charge is -2.18. The molecule has 0 spiro atoms. The smallest absolute Gasteiger partial charge is 0.123 e. The number of benzene rings is 1. The summed E-state index contributed by atoms with van der Waals surface area (Å²) < 4.78 is 13.1. The molecule has 3 heteroatoms. The second kappa shape index (κ2) is 5.15. The molecule has 1 aromatic rings. The third kappa shape index (κ3) is 2.96. The first-order valence-corrected chi connectivity index (χ1v) is 6.25. The van der Waals surface area contributed by atoms with Gasteiger partial charge < -0.3 is 5.32 Å². The Morgan fingerprint density at radius 1 is 1.50 bits per heavy atom. The highest BCUT2D eigenvalue weighted by Gasteiger charge is 2.30. The Morgan fingerprint density at radius 3 is 2.88 bits per heavy atom. The number of hydrogen-bond acceptors (Lipinski definition) is 1. The summed E-state index contributed by atoms with van der Waals surface area (Å²) in [6, 6.07) is 5.05. The normalized spacial score (nSPS) is 17.4. The van der Waals surface area contributed by atoms with Crippen LogP contribution >= 0.6 is 11.6 Å². The molecule has 1 fully saturated rings. The lowest BCUT2D eigenvalue weighted by atomic mass is 10.0. The molecule has 0 aliphatic heterocycles. The fraction of sp³-hybridized carbons (Fsp3) is 0.538. The van der Waals surface area contributed by atoms with E-state index in [-0.39, 0.29) is 5.82 Å². The predicted octanol–water partition coefficient (Wildman–Crippen LogP) is 3.41. The van der Waals surface area contributed by atoms with Crippen LogP contribution in [0.3, 0.4) is 0 Å². The van der Waals surface area contributed by atoms with Crippen molar-refractivity contribution in [3.8, 4) is 0 Å². The van der Waals surface area contributed by atoms with E-state index >= 15 is 0 Å². The van der Waals surface area contributed by atoms with Crippen LogP contribution in [0.5, 0.6) is 0 Å². The molecular weight excluding hydrogens is 225 g/mol. The number of likely N-dealkylation sites (N-methyl/N-ethyl adjacent to an activating group) is 1. The van der Waals surface area contributed by atoms with Crippen molar-refractivity contribution in [2.45, 2.75) is 32.2 Å². The van der Waals surface area contributed by atoms with Gasteiger partial charge in [0.2, 0.25) is 0 Å². The molecule has 1 aliphatic carbocycles. The molecule has 0 radical (unpaired) electrons.